The molecular formula is C22H25N7O3. The highest BCUT2D eigenvalue weighted by molar-refractivity contribution is 5.77. The summed E-state index contributed by atoms with van der Waals surface area (Å²) < 4.78 is 14.8. The molecular weight excluding hydrogens is 410 g/mol. The van der Waals surface area contributed by atoms with Crippen molar-refractivity contribution < 1.29 is 14.6 Å². The summed E-state index contributed by atoms with van der Waals surface area (Å²) in [7, 11) is 0. The minimum atomic E-state index is -0.687. The number of aromatic nitrogens is 6. The number of nitrogens with zero attached hydrogens (tertiary/aromatic N) is 7. The number of hydrogen-bond donors (Lipinski definition) is 1. The van der Waals surface area contributed by atoms with Crippen LogP contribution in [0.25, 0.3) is 22.4 Å². The highest BCUT2D eigenvalue weighted by Crippen LogP contribution is 2.49. The van der Waals surface area contributed by atoms with Crippen LogP contribution in [0.2, 0.25) is 0 Å². The van der Waals surface area contributed by atoms with Gasteiger partial charge in [-0.15, -0.1) is 5.10 Å². The van der Waals surface area contributed by atoms with Crippen LogP contribution in [0.3, 0.4) is 0 Å². The lowest BCUT2D eigenvalue weighted by Crippen LogP contribution is -2.36. The fourth-order valence-corrected chi connectivity index (χ4v) is 4.37. The summed E-state index contributed by atoms with van der Waals surface area (Å²) >= 11 is 0. The Morgan fingerprint density at radius 3 is 2.84 bits per heavy atom. The Morgan fingerprint density at radius 2 is 2.06 bits per heavy atom. The van der Waals surface area contributed by atoms with Crippen LogP contribution in [-0.4, -0.2) is 73.0 Å². The van der Waals surface area contributed by atoms with Crippen LogP contribution in [0.15, 0.2) is 36.8 Å². The number of aliphatic hydroxyl groups excluding tert-OH is 1. The van der Waals surface area contributed by atoms with Gasteiger partial charge in [0.2, 0.25) is 5.95 Å². The number of morpholine rings is 1. The van der Waals surface area contributed by atoms with Crippen LogP contribution in [0.5, 0.6) is 0 Å². The van der Waals surface area contributed by atoms with E-state index >= 15 is 0 Å². The number of rotatable bonds is 6. The molecule has 2 fully saturated rings. The Bertz CT molecular complexity index is 1270. The van der Waals surface area contributed by atoms with Crippen molar-refractivity contribution in [1.82, 2.24) is 29.4 Å². The van der Waals surface area contributed by atoms with Gasteiger partial charge in [0.05, 0.1) is 36.9 Å². The number of ether oxygens (including phenoxy) is 2. The van der Waals surface area contributed by atoms with E-state index in [9.17, 15) is 5.11 Å². The normalized spacial score (nSPS) is 19.0. The summed E-state index contributed by atoms with van der Waals surface area (Å²) in [5.41, 5.74) is 2.62. The van der Waals surface area contributed by atoms with Crippen molar-refractivity contribution in [2.45, 2.75) is 31.5 Å². The lowest BCUT2D eigenvalue weighted by atomic mass is 10.0. The predicted octanol–water partition coefficient (Wildman–Crippen LogP) is 1.90. The standard InChI is InChI=1S/C22H25N7O3/c1-2-32-22(5-6-22)19(30)15-11-16-13-24-29(20(16)23-12-15)17-3-4-18-25-21(26-28(18)14-17)27-7-9-31-10-8-27/h3-4,11-14,19,30H,2,5-10H2,1H3. The lowest BCUT2D eigenvalue weighted by molar-refractivity contribution is -0.0542. The molecule has 0 bridgehead atoms. The third kappa shape index (κ3) is 3.22. The van der Waals surface area contributed by atoms with Gasteiger partial charge in [-0.1, -0.05) is 0 Å². The van der Waals surface area contributed by atoms with Crippen molar-refractivity contribution in [3.63, 3.8) is 0 Å². The van der Waals surface area contributed by atoms with Gasteiger partial charge in [-0.25, -0.2) is 14.2 Å². The summed E-state index contributed by atoms with van der Waals surface area (Å²) in [6, 6.07) is 5.83. The summed E-state index contributed by atoms with van der Waals surface area (Å²) in [5, 5.41) is 20.9. The molecule has 2 aliphatic rings. The fourth-order valence-electron chi connectivity index (χ4n) is 4.37. The van der Waals surface area contributed by atoms with Gasteiger partial charge in [0, 0.05) is 36.8 Å². The Morgan fingerprint density at radius 1 is 1.22 bits per heavy atom. The van der Waals surface area contributed by atoms with Crippen LogP contribution in [0.4, 0.5) is 5.95 Å². The van der Waals surface area contributed by atoms with E-state index in [1.165, 1.54) is 0 Å². The van der Waals surface area contributed by atoms with Crippen molar-refractivity contribution in [2.24, 2.45) is 0 Å². The fraction of sp³-hybridized carbons (Fsp3) is 0.455. The number of anilines is 1. The highest BCUT2D eigenvalue weighted by Gasteiger charge is 2.50. The minimum absolute atomic E-state index is 0.462. The SMILES string of the molecule is CCOC1(C(O)c2cnc3c(cnn3-c3ccc4nc(N5CCOCC5)nn4c3)c2)CC1. The zero-order valence-electron chi connectivity index (χ0n) is 17.9. The molecule has 10 heteroatoms. The molecule has 1 aliphatic heterocycles. The first-order valence-corrected chi connectivity index (χ1v) is 11.0. The number of pyridine rings is 2. The second-order valence-electron chi connectivity index (χ2n) is 8.34. The average molecular weight is 435 g/mol. The van der Waals surface area contributed by atoms with E-state index in [-0.39, 0.29) is 0 Å². The molecule has 0 aromatic carbocycles. The molecule has 1 N–H and O–H groups in total. The zero-order chi connectivity index (χ0) is 21.7. The van der Waals surface area contributed by atoms with Gasteiger partial charge >= 0.3 is 0 Å². The molecule has 1 atom stereocenters. The van der Waals surface area contributed by atoms with Crippen molar-refractivity contribution in [2.75, 3.05) is 37.8 Å². The molecule has 5 heterocycles. The zero-order valence-corrected chi connectivity index (χ0v) is 17.9. The van der Waals surface area contributed by atoms with Gasteiger partial charge in [-0.2, -0.15) is 10.1 Å². The molecule has 32 heavy (non-hydrogen) atoms. The maximum absolute atomic E-state index is 10.8. The Kier molecular flexibility index (Phi) is 4.60. The van der Waals surface area contributed by atoms with Crippen LogP contribution in [0, 0.1) is 0 Å². The van der Waals surface area contributed by atoms with E-state index in [0.29, 0.717) is 25.8 Å². The largest absolute Gasteiger partial charge is 0.385 e. The maximum Gasteiger partial charge on any atom is 0.245 e. The van der Waals surface area contributed by atoms with Crippen LogP contribution < -0.4 is 4.90 Å². The summed E-state index contributed by atoms with van der Waals surface area (Å²) in [5.74, 6) is 0.704. The van der Waals surface area contributed by atoms with E-state index in [0.717, 1.165) is 53.9 Å². The maximum atomic E-state index is 10.8. The molecule has 6 rings (SSSR count). The second kappa shape index (κ2) is 7.51. The Labute approximate surface area is 184 Å². The highest BCUT2D eigenvalue weighted by atomic mass is 16.5. The molecule has 4 aromatic heterocycles. The molecule has 4 aromatic rings. The van der Waals surface area contributed by atoms with Gasteiger partial charge in [0.1, 0.15) is 6.10 Å². The van der Waals surface area contributed by atoms with E-state index in [4.69, 9.17) is 9.47 Å². The minimum Gasteiger partial charge on any atom is -0.385 e. The average Bonchev–Trinajstić information content (AvgIpc) is 3.30. The van der Waals surface area contributed by atoms with Gasteiger partial charge in [0.25, 0.3) is 0 Å². The number of hydrogen-bond acceptors (Lipinski definition) is 8. The van der Waals surface area contributed by atoms with Crippen molar-refractivity contribution in [3.05, 3.63) is 42.4 Å². The lowest BCUT2D eigenvalue weighted by Gasteiger charge is -2.25. The first-order valence-electron chi connectivity index (χ1n) is 11.0. The van der Waals surface area contributed by atoms with Crippen molar-refractivity contribution in [1.29, 1.82) is 0 Å². The smallest absolute Gasteiger partial charge is 0.245 e. The molecule has 0 amide bonds. The molecule has 0 radical (unpaired) electrons. The van der Waals surface area contributed by atoms with E-state index in [1.54, 1.807) is 21.6 Å². The topological polar surface area (TPSA) is 103 Å². The van der Waals surface area contributed by atoms with E-state index < -0.39 is 11.7 Å². The van der Waals surface area contributed by atoms with E-state index in [1.807, 2.05) is 31.3 Å². The van der Waals surface area contributed by atoms with Gasteiger partial charge < -0.3 is 19.5 Å². The number of aliphatic hydroxyl groups is 1. The summed E-state index contributed by atoms with van der Waals surface area (Å²) in [4.78, 5) is 11.4. The van der Waals surface area contributed by atoms with Crippen LogP contribution >= 0.6 is 0 Å². The summed E-state index contributed by atoms with van der Waals surface area (Å²) in [6.07, 6.45) is 6.43. The van der Waals surface area contributed by atoms with Crippen LogP contribution in [0.1, 0.15) is 31.4 Å². The van der Waals surface area contributed by atoms with Gasteiger partial charge in [-0.05, 0) is 38.0 Å². The molecule has 0 spiro atoms. The second-order valence-corrected chi connectivity index (χ2v) is 8.34. The third-order valence-electron chi connectivity index (χ3n) is 6.26. The Hall–Kier alpha value is -3.08. The molecule has 1 saturated carbocycles. The molecule has 1 unspecified atom stereocenters. The molecule has 10 nitrogen and oxygen atoms in total. The molecule has 1 aliphatic carbocycles. The first kappa shape index (κ1) is 19.6. The van der Waals surface area contributed by atoms with Crippen LogP contribution in [-0.2, 0) is 9.47 Å². The Balaban J connectivity index is 1.31. The third-order valence-corrected chi connectivity index (χ3v) is 6.26. The van der Waals surface area contributed by atoms with E-state index in [2.05, 4.69) is 25.1 Å². The van der Waals surface area contributed by atoms with Crippen molar-refractivity contribution >= 4 is 22.6 Å². The quantitative estimate of drug-likeness (QED) is 0.490. The molecule has 1 saturated heterocycles. The summed E-state index contributed by atoms with van der Waals surface area (Å²) in [6.45, 7) is 5.49. The van der Waals surface area contributed by atoms with Gasteiger partial charge in [0.15, 0.2) is 11.3 Å². The predicted molar refractivity (Wildman–Crippen MR) is 117 cm³/mol. The first-order chi connectivity index (χ1) is 15.7. The molecule has 166 valence electrons. The number of fused-ring (bicyclic) bond motifs is 2. The van der Waals surface area contributed by atoms with Gasteiger partial charge in [-0.3, -0.25) is 0 Å². The van der Waals surface area contributed by atoms with Crippen molar-refractivity contribution in [3.8, 4) is 5.69 Å². The monoisotopic (exact) mass is 435 g/mol.